The quantitative estimate of drug-likeness (QED) is 0.537. The molecule has 0 fully saturated rings. The van der Waals surface area contributed by atoms with Crippen molar-refractivity contribution in [1.82, 2.24) is 5.16 Å². The van der Waals surface area contributed by atoms with Crippen molar-refractivity contribution in [2.24, 2.45) is 5.92 Å². The molecule has 1 aromatic carbocycles. The second-order valence-corrected chi connectivity index (χ2v) is 5.13. The maximum absolute atomic E-state index is 12.3. The zero-order valence-corrected chi connectivity index (χ0v) is 12.4. The minimum atomic E-state index is -0.441. The maximum atomic E-state index is 12.3. The van der Waals surface area contributed by atoms with Crippen molar-refractivity contribution in [3.05, 3.63) is 40.5 Å². The average molecular weight is 304 g/mol. The van der Waals surface area contributed by atoms with Crippen molar-refractivity contribution in [1.29, 1.82) is 0 Å². The van der Waals surface area contributed by atoms with E-state index in [0.717, 1.165) is 0 Å². The lowest BCUT2D eigenvalue weighted by atomic mass is 10.0. The Morgan fingerprint density at radius 2 is 2.14 bits per heavy atom. The lowest BCUT2D eigenvalue weighted by Gasteiger charge is -2.01. The molecule has 0 unspecified atom stereocenters. The highest BCUT2D eigenvalue weighted by Gasteiger charge is 2.23. The Hall–Kier alpha value is -2.09. The summed E-state index contributed by atoms with van der Waals surface area (Å²) in [6.07, 6.45) is 0. The number of aliphatic hydroxyl groups is 1. The van der Waals surface area contributed by atoms with Gasteiger partial charge in [-0.1, -0.05) is 48.7 Å². The highest BCUT2D eigenvalue weighted by atomic mass is 35.5. The van der Waals surface area contributed by atoms with Crippen LogP contribution in [0.3, 0.4) is 0 Å². The molecule has 0 aliphatic carbocycles. The van der Waals surface area contributed by atoms with Gasteiger partial charge in [0.1, 0.15) is 11.3 Å². The van der Waals surface area contributed by atoms with Gasteiger partial charge in [-0.05, 0) is 18.1 Å². The minimum Gasteiger partial charge on any atom is -0.390 e. The van der Waals surface area contributed by atoms with Crippen LogP contribution in [0.5, 0.6) is 0 Å². The third kappa shape index (κ3) is 3.33. The normalized spacial score (nSPS) is 10.3. The second kappa shape index (κ2) is 6.57. The molecular formula is C16H14ClNO3. The number of hydrogen-bond acceptors (Lipinski definition) is 4. The van der Waals surface area contributed by atoms with Crippen molar-refractivity contribution in [3.8, 4) is 23.2 Å². The maximum Gasteiger partial charge on any atom is 0.241 e. The lowest BCUT2D eigenvalue weighted by Crippen LogP contribution is -2.02. The number of ketones is 1. The molecule has 0 bridgehead atoms. The van der Waals surface area contributed by atoms with E-state index in [0.29, 0.717) is 10.6 Å². The number of hydrogen-bond donors (Lipinski definition) is 1. The van der Waals surface area contributed by atoms with Gasteiger partial charge in [0.15, 0.2) is 5.76 Å². The molecule has 4 nitrogen and oxygen atoms in total. The monoisotopic (exact) mass is 303 g/mol. The molecule has 0 aliphatic heterocycles. The average Bonchev–Trinajstić information content (AvgIpc) is 2.89. The smallest absolute Gasteiger partial charge is 0.241 e. The van der Waals surface area contributed by atoms with E-state index in [1.165, 1.54) is 0 Å². The number of carbonyl (C=O) groups excluding carboxylic acids is 1. The summed E-state index contributed by atoms with van der Waals surface area (Å²) in [6, 6.07) is 6.95. The predicted molar refractivity (Wildman–Crippen MR) is 79.8 cm³/mol. The van der Waals surface area contributed by atoms with E-state index in [-0.39, 0.29) is 22.9 Å². The summed E-state index contributed by atoms with van der Waals surface area (Å²) < 4.78 is 5.20. The van der Waals surface area contributed by atoms with Gasteiger partial charge < -0.3 is 9.63 Å². The number of rotatable bonds is 3. The fourth-order valence-electron chi connectivity index (χ4n) is 1.77. The van der Waals surface area contributed by atoms with Crippen molar-refractivity contribution in [2.75, 3.05) is 0 Å². The highest BCUT2D eigenvalue weighted by Crippen LogP contribution is 2.32. The van der Waals surface area contributed by atoms with Crippen LogP contribution in [-0.2, 0) is 6.61 Å². The van der Waals surface area contributed by atoms with Crippen LogP contribution in [0.4, 0.5) is 0 Å². The number of Topliss-reactive ketones (excluding diaryl/α,β-unsaturated/α-hetero) is 1. The number of benzene rings is 1. The Balaban J connectivity index is 2.56. The fourth-order valence-corrected chi connectivity index (χ4v) is 1.99. The molecule has 0 amide bonds. The minimum absolute atomic E-state index is 0.0650. The molecule has 1 aromatic heterocycles. The first kappa shape index (κ1) is 15.3. The first-order valence-corrected chi connectivity index (χ1v) is 6.82. The zero-order valence-electron chi connectivity index (χ0n) is 11.7. The van der Waals surface area contributed by atoms with E-state index in [1.54, 1.807) is 24.3 Å². The first-order valence-electron chi connectivity index (χ1n) is 6.44. The Morgan fingerprint density at radius 3 is 2.76 bits per heavy atom. The van der Waals surface area contributed by atoms with E-state index in [1.807, 2.05) is 13.8 Å². The molecule has 1 N–H and O–H groups in total. The van der Waals surface area contributed by atoms with E-state index >= 15 is 0 Å². The Morgan fingerprint density at radius 1 is 1.43 bits per heavy atom. The lowest BCUT2D eigenvalue weighted by molar-refractivity contribution is 0.105. The number of nitrogens with zero attached hydrogens (tertiary/aromatic N) is 1. The van der Waals surface area contributed by atoms with Crippen molar-refractivity contribution < 1.29 is 14.4 Å². The van der Waals surface area contributed by atoms with Gasteiger partial charge in [0, 0.05) is 11.5 Å². The molecule has 21 heavy (non-hydrogen) atoms. The Kier molecular flexibility index (Phi) is 4.79. The number of aliphatic hydroxyl groups excluding tert-OH is 1. The molecule has 1 heterocycles. The van der Waals surface area contributed by atoms with Crippen LogP contribution in [0.25, 0.3) is 11.3 Å². The molecule has 0 atom stereocenters. The molecule has 0 saturated carbocycles. The summed E-state index contributed by atoms with van der Waals surface area (Å²) in [6.45, 7) is 3.37. The molecule has 108 valence electrons. The van der Waals surface area contributed by atoms with Gasteiger partial charge >= 0.3 is 0 Å². The SMILES string of the molecule is CC(C)C#CC(=O)c1c(CO)noc1-c1ccccc1Cl. The number of aromatic nitrogens is 1. The van der Waals surface area contributed by atoms with E-state index in [9.17, 15) is 9.90 Å². The van der Waals surface area contributed by atoms with Gasteiger partial charge in [-0.15, -0.1) is 0 Å². The zero-order chi connectivity index (χ0) is 15.4. The summed E-state index contributed by atoms with van der Waals surface area (Å²) in [5, 5.41) is 13.5. The summed E-state index contributed by atoms with van der Waals surface area (Å²) >= 11 is 6.12. The fraction of sp³-hybridized carbons (Fsp3) is 0.250. The standard InChI is InChI=1S/C16H14ClNO3/c1-10(2)7-8-14(20)15-13(9-19)18-21-16(15)11-5-3-4-6-12(11)17/h3-6,10,19H,9H2,1-2H3. The van der Waals surface area contributed by atoms with Crippen LogP contribution < -0.4 is 0 Å². The van der Waals surface area contributed by atoms with Gasteiger partial charge in [-0.2, -0.15) is 0 Å². The summed E-state index contributed by atoms with van der Waals surface area (Å²) in [5.41, 5.74) is 0.868. The molecule has 5 heteroatoms. The summed E-state index contributed by atoms with van der Waals surface area (Å²) in [7, 11) is 0. The van der Waals surface area contributed by atoms with Crippen molar-refractivity contribution in [2.45, 2.75) is 20.5 Å². The molecule has 0 spiro atoms. The van der Waals surface area contributed by atoms with Crippen LogP contribution >= 0.6 is 11.6 Å². The largest absolute Gasteiger partial charge is 0.390 e. The van der Waals surface area contributed by atoms with E-state index in [2.05, 4.69) is 17.0 Å². The molecular weight excluding hydrogens is 290 g/mol. The van der Waals surface area contributed by atoms with Crippen molar-refractivity contribution in [3.63, 3.8) is 0 Å². The van der Waals surface area contributed by atoms with E-state index in [4.69, 9.17) is 16.1 Å². The van der Waals surface area contributed by atoms with Crippen molar-refractivity contribution >= 4 is 17.4 Å². The van der Waals surface area contributed by atoms with Gasteiger partial charge in [-0.25, -0.2) is 0 Å². The van der Waals surface area contributed by atoms with Gasteiger partial charge in [0.2, 0.25) is 5.78 Å². The third-order valence-electron chi connectivity index (χ3n) is 2.73. The molecule has 0 radical (unpaired) electrons. The van der Waals surface area contributed by atoms with E-state index < -0.39 is 12.4 Å². The predicted octanol–water partition coefficient (Wildman–Crippen LogP) is 3.33. The Labute approximate surface area is 127 Å². The Bertz CT molecular complexity index is 723. The highest BCUT2D eigenvalue weighted by molar-refractivity contribution is 6.33. The topological polar surface area (TPSA) is 63.3 Å². The first-order chi connectivity index (χ1) is 10.0. The third-order valence-corrected chi connectivity index (χ3v) is 3.06. The second-order valence-electron chi connectivity index (χ2n) is 4.72. The van der Waals surface area contributed by atoms with Crippen LogP contribution in [-0.4, -0.2) is 16.0 Å². The summed E-state index contributed by atoms with van der Waals surface area (Å²) in [5.74, 6) is 5.19. The number of carbonyl (C=O) groups is 1. The molecule has 0 aliphatic rings. The van der Waals surface area contributed by atoms with Gasteiger partial charge in [0.05, 0.1) is 11.6 Å². The van der Waals surface area contributed by atoms with Crippen LogP contribution in [0.1, 0.15) is 29.9 Å². The van der Waals surface area contributed by atoms with Crippen LogP contribution in [0.15, 0.2) is 28.8 Å². The summed E-state index contributed by atoms with van der Waals surface area (Å²) in [4.78, 5) is 12.3. The van der Waals surface area contributed by atoms with Gasteiger partial charge in [-0.3, -0.25) is 4.79 Å². The molecule has 0 saturated heterocycles. The number of halogens is 1. The van der Waals surface area contributed by atoms with Crippen LogP contribution in [0.2, 0.25) is 5.02 Å². The molecule has 2 aromatic rings. The van der Waals surface area contributed by atoms with Gasteiger partial charge in [0.25, 0.3) is 0 Å². The molecule has 2 rings (SSSR count). The van der Waals surface area contributed by atoms with Crippen LogP contribution in [0, 0.1) is 17.8 Å².